The van der Waals surface area contributed by atoms with Crippen LogP contribution in [0.4, 0.5) is 0 Å². The first-order valence-electron chi connectivity index (χ1n) is 7.97. The maximum atomic E-state index is 4.31. The summed E-state index contributed by atoms with van der Waals surface area (Å²) in [5, 5.41) is 0. The summed E-state index contributed by atoms with van der Waals surface area (Å²) in [5.41, 5.74) is 4.69. The van der Waals surface area contributed by atoms with Crippen molar-refractivity contribution in [2.45, 2.75) is 64.2 Å². The predicted molar refractivity (Wildman–Crippen MR) is 78.5 cm³/mol. The molecule has 0 aliphatic heterocycles. The maximum absolute atomic E-state index is 4.31. The van der Waals surface area contributed by atoms with Crippen molar-refractivity contribution in [1.29, 1.82) is 0 Å². The first-order valence-corrected chi connectivity index (χ1v) is 7.97. The molecule has 3 rings (SSSR count). The molecule has 3 aliphatic rings. The van der Waals surface area contributed by atoms with E-state index in [-0.39, 0.29) is 0 Å². The molecule has 18 heavy (non-hydrogen) atoms. The van der Waals surface area contributed by atoms with Gasteiger partial charge in [-0.3, -0.25) is 0 Å². The second kappa shape index (κ2) is 5.47. The third-order valence-electron chi connectivity index (χ3n) is 5.18. The number of hydrogen-bond acceptors (Lipinski definition) is 0. The van der Waals surface area contributed by atoms with E-state index < -0.39 is 0 Å². The van der Waals surface area contributed by atoms with E-state index in [1.165, 1.54) is 69.8 Å². The second-order valence-electron chi connectivity index (χ2n) is 6.40. The van der Waals surface area contributed by atoms with Crippen LogP contribution in [0.3, 0.4) is 0 Å². The molecule has 0 bridgehead atoms. The van der Waals surface area contributed by atoms with Gasteiger partial charge in [0.25, 0.3) is 0 Å². The van der Waals surface area contributed by atoms with Gasteiger partial charge in [0, 0.05) is 0 Å². The van der Waals surface area contributed by atoms with Crippen LogP contribution < -0.4 is 0 Å². The van der Waals surface area contributed by atoms with Gasteiger partial charge in [0.05, 0.1) is 0 Å². The van der Waals surface area contributed by atoms with Gasteiger partial charge in [0.15, 0.2) is 0 Å². The van der Waals surface area contributed by atoms with Crippen LogP contribution in [0.15, 0.2) is 35.5 Å². The van der Waals surface area contributed by atoms with Crippen molar-refractivity contribution in [3.05, 3.63) is 35.5 Å². The molecule has 0 N–H and O–H groups in total. The van der Waals surface area contributed by atoms with Gasteiger partial charge in [-0.05, 0) is 54.2 Å². The van der Waals surface area contributed by atoms with Crippen LogP contribution in [0.1, 0.15) is 64.2 Å². The fraction of sp³-hybridized carbons (Fsp3) is 0.667. The molecule has 0 saturated heterocycles. The van der Waals surface area contributed by atoms with Crippen LogP contribution in [0.5, 0.6) is 0 Å². The highest BCUT2D eigenvalue weighted by Crippen LogP contribution is 2.43. The van der Waals surface area contributed by atoms with Crippen LogP contribution in [-0.2, 0) is 0 Å². The fourth-order valence-electron chi connectivity index (χ4n) is 4.21. The second-order valence-corrected chi connectivity index (χ2v) is 6.40. The maximum Gasteiger partial charge on any atom is -0.0153 e. The van der Waals surface area contributed by atoms with E-state index in [1.54, 1.807) is 11.1 Å². The molecule has 0 unspecified atom stereocenters. The Bertz CT molecular complexity index is 351. The van der Waals surface area contributed by atoms with Crippen LogP contribution >= 0.6 is 0 Å². The summed E-state index contributed by atoms with van der Waals surface area (Å²) in [5.74, 6) is 1.68. The highest BCUT2D eigenvalue weighted by Gasteiger charge is 2.28. The molecular formula is C18H26. The molecular weight excluding hydrogens is 216 g/mol. The molecule has 0 heteroatoms. The molecule has 2 fully saturated rings. The third kappa shape index (κ3) is 2.35. The standard InChI is InChI=1S/C18H26/c1-14-12-13-17(15-8-4-2-5-9-15)18(14)16-10-6-3-7-11-16/h12-13,15-16H,1-11H2. The van der Waals surface area contributed by atoms with Gasteiger partial charge in [-0.25, -0.2) is 0 Å². The van der Waals surface area contributed by atoms with Gasteiger partial charge in [0.2, 0.25) is 0 Å². The average molecular weight is 242 g/mol. The molecule has 3 aliphatic carbocycles. The zero-order valence-corrected chi connectivity index (χ0v) is 11.6. The van der Waals surface area contributed by atoms with E-state index in [0.29, 0.717) is 0 Å². The first-order chi connectivity index (χ1) is 8.86. The van der Waals surface area contributed by atoms with Crippen molar-refractivity contribution in [1.82, 2.24) is 0 Å². The van der Waals surface area contributed by atoms with E-state index in [9.17, 15) is 0 Å². The predicted octanol–water partition coefficient (Wildman–Crippen LogP) is 5.57. The Hall–Kier alpha value is -0.780. The Morgan fingerprint density at radius 2 is 1.28 bits per heavy atom. The van der Waals surface area contributed by atoms with Gasteiger partial charge in [0.1, 0.15) is 0 Å². The zero-order chi connectivity index (χ0) is 12.4. The third-order valence-corrected chi connectivity index (χ3v) is 5.18. The quantitative estimate of drug-likeness (QED) is 0.594. The van der Waals surface area contributed by atoms with Crippen molar-refractivity contribution < 1.29 is 0 Å². The Balaban J connectivity index is 1.84. The van der Waals surface area contributed by atoms with Crippen LogP contribution in [0, 0.1) is 11.8 Å². The van der Waals surface area contributed by atoms with Gasteiger partial charge >= 0.3 is 0 Å². The largest absolute Gasteiger partial charge is 0.0915 e. The Labute approximate surface area is 112 Å². The van der Waals surface area contributed by atoms with Crippen LogP contribution in [0.2, 0.25) is 0 Å². The molecule has 0 nitrogen and oxygen atoms in total. The summed E-state index contributed by atoms with van der Waals surface area (Å²) < 4.78 is 0. The summed E-state index contributed by atoms with van der Waals surface area (Å²) >= 11 is 0. The normalized spacial score (nSPS) is 27.2. The van der Waals surface area contributed by atoms with Crippen molar-refractivity contribution in [3.8, 4) is 0 Å². The number of allylic oxidation sites excluding steroid dienone is 5. The summed E-state index contributed by atoms with van der Waals surface area (Å²) in [7, 11) is 0. The molecule has 0 aromatic carbocycles. The Kier molecular flexibility index (Phi) is 3.72. The summed E-state index contributed by atoms with van der Waals surface area (Å²) in [6.45, 7) is 4.31. The first kappa shape index (κ1) is 12.3. The summed E-state index contributed by atoms with van der Waals surface area (Å²) in [6.07, 6.45) is 19.0. The highest BCUT2D eigenvalue weighted by molar-refractivity contribution is 5.54. The topological polar surface area (TPSA) is 0 Å². The van der Waals surface area contributed by atoms with Gasteiger partial charge in [-0.15, -0.1) is 0 Å². The lowest BCUT2D eigenvalue weighted by Crippen LogP contribution is -2.15. The van der Waals surface area contributed by atoms with E-state index in [2.05, 4.69) is 18.7 Å². The number of rotatable bonds is 2. The Morgan fingerprint density at radius 3 is 1.89 bits per heavy atom. The lowest BCUT2D eigenvalue weighted by Gasteiger charge is -2.29. The summed E-state index contributed by atoms with van der Waals surface area (Å²) in [4.78, 5) is 0. The van der Waals surface area contributed by atoms with Crippen molar-refractivity contribution in [3.63, 3.8) is 0 Å². The van der Waals surface area contributed by atoms with Crippen molar-refractivity contribution >= 4 is 0 Å². The van der Waals surface area contributed by atoms with E-state index in [0.717, 1.165) is 11.8 Å². The molecule has 0 aromatic heterocycles. The molecule has 0 atom stereocenters. The molecule has 0 aromatic rings. The Morgan fingerprint density at radius 1 is 0.722 bits per heavy atom. The smallest absolute Gasteiger partial charge is 0.0153 e. The minimum atomic E-state index is 0.832. The van der Waals surface area contributed by atoms with Crippen molar-refractivity contribution in [2.24, 2.45) is 11.8 Å². The average Bonchev–Trinajstić information content (AvgIpc) is 2.83. The van der Waals surface area contributed by atoms with Gasteiger partial charge in [-0.2, -0.15) is 0 Å². The fourth-order valence-corrected chi connectivity index (χ4v) is 4.21. The molecule has 98 valence electrons. The molecule has 0 radical (unpaired) electrons. The minimum Gasteiger partial charge on any atom is -0.0915 e. The van der Waals surface area contributed by atoms with Crippen molar-refractivity contribution in [2.75, 3.05) is 0 Å². The zero-order valence-electron chi connectivity index (χ0n) is 11.6. The molecule has 0 heterocycles. The van der Waals surface area contributed by atoms with Gasteiger partial charge in [-0.1, -0.05) is 57.3 Å². The molecule has 2 saturated carbocycles. The summed E-state index contributed by atoms with van der Waals surface area (Å²) in [6, 6.07) is 0. The minimum absolute atomic E-state index is 0.832. The van der Waals surface area contributed by atoms with Crippen LogP contribution in [-0.4, -0.2) is 0 Å². The lowest BCUT2D eigenvalue weighted by molar-refractivity contribution is 0.383. The monoisotopic (exact) mass is 242 g/mol. The molecule has 0 amide bonds. The SMILES string of the molecule is C=C1C=CC(C2CCCCC2)=C1C1CCCCC1. The lowest BCUT2D eigenvalue weighted by atomic mass is 9.76. The highest BCUT2D eigenvalue weighted by atomic mass is 14.3. The number of hydrogen-bond donors (Lipinski definition) is 0. The molecule has 0 spiro atoms. The van der Waals surface area contributed by atoms with E-state index in [4.69, 9.17) is 0 Å². The van der Waals surface area contributed by atoms with Crippen LogP contribution in [0.25, 0.3) is 0 Å². The van der Waals surface area contributed by atoms with Gasteiger partial charge < -0.3 is 0 Å². The van der Waals surface area contributed by atoms with E-state index >= 15 is 0 Å². The van der Waals surface area contributed by atoms with E-state index in [1.807, 2.05) is 0 Å².